The molecule has 0 spiro atoms. The van der Waals surface area contributed by atoms with Gasteiger partial charge in [0, 0.05) is 0 Å². The Kier molecular flexibility index (Phi) is 30.9. The molecule has 0 saturated carbocycles. The molecule has 0 bridgehead atoms. The molecule has 0 amide bonds. The van der Waals surface area contributed by atoms with E-state index in [1.54, 1.807) is 0 Å². The number of hydrogen-bond acceptors (Lipinski definition) is 1. The summed E-state index contributed by atoms with van der Waals surface area (Å²) in [5.74, 6) is 0. The van der Waals surface area contributed by atoms with Gasteiger partial charge in [-0.1, -0.05) is 227 Å². The SMILES string of the molecule is CCCCCCCC/C=C\CCCCCCCCC(OC(CCCCCCCC/C=C\CCCCCCCC)c1ccccc1)c1ccccc1. The van der Waals surface area contributed by atoms with Gasteiger partial charge in [0.15, 0.2) is 0 Å². The van der Waals surface area contributed by atoms with E-state index in [1.807, 2.05) is 0 Å². The highest BCUT2D eigenvalue weighted by atomic mass is 16.5. The molecule has 0 heterocycles. The first-order valence-electron chi connectivity index (χ1n) is 22.4. The lowest BCUT2D eigenvalue weighted by Crippen LogP contribution is -2.11. The van der Waals surface area contributed by atoms with Gasteiger partial charge in [-0.05, 0) is 75.3 Å². The molecular formula is C50H82O. The molecule has 0 aromatic heterocycles. The molecule has 2 aromatic rings. The highest BCUT2D eigenvalue weighted by molar-refractivity contribution is 5.20. The Morgan fingerprint density at radius 3 is 0.941 bits per heavy atom. The highest BCUT2D eigenvalue weighted by Crippen LogP contribution is 2.34. The van der Waals surface area contributed by atoms with Gasteiger partial charge in [-0.2, -0.15) is 0 Å². The van der Waals surface area contributed by atoms with Gasteiger partial charge in [-0.15, -0.1) is 0 Å². The van der Waals surface area contributed by atoms with E-state index in [-0.39, 0.29) is 12.2 Å². The zero-order valence-electron chi connectivity index (χ0n) is 33.9. The average Bonchev–Trinajstić information content (AvgIpc) is 3.17. The first kappa shape index (κ1) is 45.0. The van der Waals surface area contributed by atoms with Crippen LogP contribution >= 0.6 is 0 Å². The van der Waals surface area contributed by atoms with Crippen molar-refractivity contribution < 1.29 is 4.74 Å². The van der Waals surface area contributed by atoms with E-state index in [4.69, 9.17) is 4.74 Å². The van der Waals surface area contributed by atoms with Gasteiger partial charge in [-0.3, -0.25) is 0 Å². The molecule has 0 radical (unpaired) electrons. The molecule has 2 rings (SSSR count). The maximum absolute atomic E-state index is 7.06. The Labute approximate surface area is 318 Å². The largest absolute Gasteiger partial charge is 0.366 e. The molecule has 2 atom stereocenters. The fourth-order valence-corrected chi connectivity index (χ4v) is 7.31. The Hall–Kier alpha value is -2.12. The van der Waals surface area contributed by atoms with Gasteiger partial charge in [0.25, 0.3) is 0 Å². The Morgan fingerprint density at radius 1 is 0.353 bits per heavy atom. The van der Waals surface area contributed by atoms with Crippen LogP contribution < -0.4 is 0 Å². The van der Waals surface area contributed by atoms with E-state index >= 15 is 0 Å². The molecular weight excluding hydrogens is 617 g/mol. The van der Waals surface area contributed by atoms with E-state index in [9.17, 15) is 0 Å². The van der Waals surface area contributed by atoms with Gasteiger partial charge >= 0.3 is 0 Å². The number of benzene rings is 2. The predicted octanol–water partition coefficient (Wildman–Crippen LogP) is 17.3. The molecule has 0 N–H and O–H groups in total. The van der Waals surface area contributed by atoms with Crippen molar-refractivity contribution >= 4 is 0 Å². The van der Waals surface area contributed by atoms with Crippen LogP contribution in [-0.4, -0.2) is 0 Å². The van der Waals surface area contributed by atoms with Gasteiger partial charge in [0.05, 0.1) is 12.2 Å². The summed E-state index contributed by atoms with van der Waals surface area (Å²) in [5, 5.41) is 0. The molecule has 0 fully saturated rings. The maximum atomic E-state index is 7.06. The lowest BCUT2D eigenvalue weighted by molar-refractivity contribution is -0.0264. The Balaban J connectivity index is 1.64. The van der Waals surface area contributed by atoms with E-state index in [1.165, 1.54) is 191 Å². The number of hydrogen-bond donors (Lipinski definition) is 0. The fourth-order valence-electron chi connectivity index (χ4n) is 7.31. The molecule has 288 valence electrons. The second-order valence-corrected chi connectivity index (χ2v) is 15.4. The first-order valence-corrected chi connectivity index (χ1v) is 22.4. The summed E-state index contributed by atoms with van der Waals surface area (Å²) < 4.78 is 7.06. The van der Waals surface area contributed by atoms with Crippen LogP contribution in [0.25, 0.3) is 0 Å². The summed E-state index contributed by atoms with van der Waals surface area (Å²) in [6.07, 6.45) is 50.1. The third-order valence-electron chi connectivity index (χ3n) is 10.6. The summed E-state index contributed by atoms with van der Waals surface area (Å²) in [6, 6.07) is 22.1. The van der Waals surface area contributed by atoms with Crippen LogP contribution in [0.4, 0.5) is 0 Å². The molecule has 2 unspecified atom stereocenters. The molecule has 0 aliphatic heterocycles. The van der Waals surface area contributed by atoms with Crippen LogP contribution in [0.15, 0.2) is 85.0 Å². The average molecular weight is 699 g/mol. The quantitative estimate of drug-likeness (QED) is 0.0508. The Bertz CT molecular complexity index is 940. The van der Waals surface area contributed by atoms with Crippen LogP contribution in [0.5, 0.6) is 0 Å². The monoisotopic (exact) mass is 699 g/mol. The number of rotatable bonds is 36. The summed E-state index contributed by atoms with van der Waals surface area (Å²) in [4.78, 5) is 0. The predicted molar refractivity (Wildman–Crippen MR) is 228 cm³/mol. The third kappa shape index (κ3) is 26.3. The number of ether oxygens (including phenoxy) is 1. The highest BCUT2D eigenvalue weighted by Gasteiger charge is 2.20. The first-order chi connectivity index (χ1) is 25.3. The van der Waals surface area contributed by atoms with Crippen molar-refractivity contribution in [2.45, 2.75) is 219 Å². The van der Waals surface area contributed by atoms with Crippen molar-refractivity contribution in [3.8, 4) is 0 Å². The summed E-state index contributed by atoms with van der Waals surface area (Å²) in [6.45, 7) is 4.59. The van der Waals surface area contributed by atoms with Gasteiger partial charge in [0.2, 0.25) is 0 Å². The molecule has 0 aliphatic rings. The van der Waals surface area contributed by atoms with Crippen molar-refractivity contribution in [3.05, 3.63) is 96.1 Å². The molecule has 51 heavy (non-hydrogen) atoms. The lowest BCUT2D eigenvalue weighted by Gasteiger charge is -2.26. The van der Waals surface area contributed by atoms with Crippen LogP contribution in [-0.2, 0) is 4.74 Å². The summed E-state index contributed by atoms with van der Waals surface area (Å²) in [7, 11) is 0. The normalized spacial score (nSPS) is 13.1. The van der Waals surface area contributed by atoms with Crippen molar-refractivity contribution in [3.63, 3.8) is 0 Å². The Morgan fingerprint density at radius 2 is 0.627 bits per heavy atom. The van der Waals surface area contributed by atoms with Gasteiger partial charge in [0.1, 0.15) is 0 Å². The van der Waals surface area contributed by atoms with E-state index in [0.29, 0.717) is 0 Å². The van der Waals surface area contributed by atoms with Crippen LogP contribution in [0, 0.1) is 0 Å². The van der Waals surface area contributed by atoms with Crippen molar-refractivity contribution in [2.75, 3.05) is 0 Å². The second kappa shape index (κ2) is 34.9. The van der Waals surface area contributed by atoms with Crippen molar-refractivity contribution in [1.82, 2.24) is 0 Å². The van der Waals surface area contributed by atoms with E-state index in [0.717, 1.165) is 12.8 Å². The van der Waals surface area contributed by atoms with E-state index < -0.39 is 0 Å². The van der Waals surface area contributed by atoms with Crippen molar-refractivity contribution in [2.24, 2.45) is 0 Å². The summed E-state index contributed by atoms with van der Waals surface area (Å²) >= 11 is 0. The number of allylic oxidation sites excluding steroid dienone is 4. The van der Waals surface area contributed by atoms with Crippen molar-refractivity contribution in [1.29, 1.82) is 0 Å². The maximum Gasteiger partial charge on any atom is 0.0833 e. The van der Waals surface area contributed by atoms with E-state index in [2.05, 4.69) is 98.8 Å². The molecule has 1 nitrogen and oxygen atoms in total. The molecule has 0 aliphatic carbocycles. The molecule has 1 heteroatoms. The molecule has 0 saturated heterocycles. The standard InChI is InChI=1S/C50H82O/c1-3-5-7-9-11-13-15-17-19-21-23-25-27-29-31-39-45-49(47-41-35-33-36-42-47)51-50(48-43-37-34-38-44-48)46-40-32-30-28-26-24-22-20-18-16-14-12-10-8-6-4-2/h17-20,33-38,41-44,49-50H,3-16,21-32,39-40,45-46H2,1-2H3/b19-17-,20-18-. The second-order valence-electron chi connectivity index (χ2n) is 15.4. The fraction of sp³-hybridized carbons (Fsp3) is 0.680. The smallest absolute Gasteiger partial charge is 0.0833 e. The minimum absolute atomic E-state index is 0.169. The van der Waals surface area contributed by atoms with Gasteiger partial charge in [-0.25, -0.2) is 0 Å². The van der Waals surface area contributed by atoms with Crippen LogP contribution in [0.1, 0.15) is 230 Å². The third-order valence-corrected chi connectivity index (χ3v) is 10.6. The van der Waals surface area contributed by atoms with Crippen LogP contribution in [0.3, 0.4) is 0 Å². The van der Waals surface area contributed by atoms with Gasteiger partial charge < -0.3 is 4.74 Å². The zero-order chi connectivity index (χ0) is 36.1. The minimum Gasteiger partial charge on any atom is -0.366 e. The topological polar surface area (TPSA) is 9.23 Å². The van der Waals surface area contributed by atoms with Crippen LogP contribution in [0.2, 0.25) is 0 Å². The number of unbranched alkanes of at least 4 members (excludes halogenated alkanes) is 24. The lowest BCUT2D eigenvalue weighted by atomic mass is 9.98. The zero-order valence-corrected chi connectivity index (χ0v) is 33.9. The minimum atomic E-state index is 0.169. The summed E-state index contributed by atoms with van der Waals surface area (Å²) in [5.41, 5.74) is 2.68. The molecule has 2 aromatic carbocycles.